The second kappa shape index (κ2) is 6.25. The first-order valence-electron chi connectivity index (χ1n) is 6.35. The lowest BCUT2D eigenvalue weighted by Gasteiger charge is -2.32. The Labute approximate surface area is 125 Å². The summed E-state index contributed by atoms with van der Waals surface area (Å²) in [7, 11) is 0. The SMILES string of the molecule is CCN(c1ccc(Br)cc1C#N)C1COCC1C(=O)O. The maximum Gasteiger partial charge on any atom is 0.311 e. The van der Waals surface area contributed by atoms with Crippen LogP contribution < -0.4 is 4.90 Å². The minimum atomic E-state index is -0.860. The van der Waals surface area contributed by atoms with Gasteiger partial charge in [-0.15, -0.1) is 0 Å². The number of nitriles is 1. The van der Waals surface area contributed by atoms with Crippen molar-refractivity contribution in [2.75, 3.05) is 24.7 Å². The second-order valence-corrected chi connectivity index (χ2v) is 5.52. The van der Waals surface area contributed by atoms with Crippen LogP contribution in [0.3, 0.4) is 0 Å². The Morgan fingerprint density at radius 3 is 2.95 bits per heavy atom. The number of benzene rings is 1. The molecule has 1 fully saturated rings. The molecule has 0 radical (unpaired) electrons. The van der Waals surface area contributed by atoms with E-state index in [1.807, 2.05) is 24.0 Å². The summed E-state index contributed by atoms with van der Waals surface area (Å²) in [4.78, 5) is 13.2. The highest BCUT2D eigenvalue weighted by Crippen LogP contribution is 2.30. The number of nitrogens with zero attached hydrogens (tertiary/aromatic N) is 2. The van der Waals surface area contributed by atoms with E-state index in [0.717, 1.165) is 10.2 Å². The molecule has 1 aliphatic rings. The van der Waals surface area contributed by atoms with Crippen molar-refractivity contribution >= 4 is 27.6 Å². The molecule has 1 N–H and O–H groups in total. The van der Waals surface area contributed by atoms with Crippen LogP contribution in [0.15, 0.2) is 22.7 Å². The summed E-state index contributed by atoms with van der Waals surface area (Å²) in [6.45, 7) is 3.15. The van der Waals surface area contributed by atoms with E-state index in [0.29, 0.717) is 18.7 Å². The number of carboxylic acids is 1. The Bertz CT molecular complexity index is 556. The molecule has 1 aromatic carbocycles. The van der Waals surface area contributed by atoms with Crippen LogP contribution in [-0.2, 0) is 9.53 Å². The van der Waals surface area contributed by atoms with Crippen LogP contribution in [0.4, 0.5) is 5.69 Å². The topological polar surface area (TPSA) is 73.6 Å². The number of halogens is 1. The minimum Gasteiger partial charge on any atom is -0.481 e. The molecule has 1 heterocycles. The van der Waals surface area contributed by atoms with Crippen LogP contribution in [0.1, 0.15) is 12.5 Å². The van der Waals surface area contributed by atoms with Crippen LogP contribution in [0.5, 0.6) is 0 Å². The molecular formula is C14H15BrN2O3. The molecule has 2 rings (SSSR count). The molecule has 1 aliphatic heterocycles. The molecule has 0 saturated carbocycles. The number of hydrogen-bond donors (Lipinski definition) is 1. The number of hydrogen-bond acceptors (Lipinski definition) is 4. The second-order valence-electron chi connectivity index (χ2n) is 4.61. The van der Waals surface area contributed by atoms with Crippen LogP contribution in [0.25, 0.3) is 0 Å². The molecule has 0 aromatic heterocycles. The molecule has 1 aromatic rings. The van der Waals surface area contributed by atoms with Gasteiger partial charge in [0.2, 0.25) is 0 Å². The predicted molar refractivity (Wildman–Crippen MR) is 77.6 cm³/mol. The van der Waals surface area contributed by atoms with Gasteiger partial charge in [0.05, 0.1) is 30.5 Å². The summed E-state index contributed by atoms with van der Waals surface area (Å²) in [5.41, 5.74) is 1.28. The summed E-state index contributed by atoms with van der Waals surface area (Å²) >= 11 is 3.34. The number of carboxylic acid groups (broad SMARTS) is 1. The van der Waals surface area contributed by atoms with Gasteiger partial charge in [0.15, 0.2) is 0 Å². The third-order valence-electron chi connectivity index (χ3n) is 3.50. The van der Waals surface area contributed by atoms with Gasteiger partial charge in [0, 0.05) is 11.0 Å². The standard InChI is InChI=1S/C14H15BrN2O3/c1-2-17(13-8-20-7-11(13)14(18)19)12-4-3-10(15)5-9(12)6-16/h3-5,11,13H,2,7-8H2,1H3,(H,18,19). The first-order chi connectivity index (χ1) is 9.58. The lowest BCUT2D eigenvalue weighted by Crippen LogP contribution is -2.43. The third-order valence-corrected chi connectivity index (χ3v) is 3.99. The number of aliphatic carboxylic acids is 1. The third kappa shape index (κ3) is 2.79. The van der Waals surface area contributed by atoms with Gasteiger partial charge in [-0.1, -0.05) is 15.9 Å². The molecular weight excluding hydrogens is 324 g/mol. The van der Waals surface area contributed by atoms with Crippen molar-refractivity contribution in [3.05, 3.63) is 28.2 Å². The van der Waals surface area contributed by atoms with Crippen LogP contribution in [0.2, 0.25) is 0 Å². The van der Waals surface area contributed by atoms with E-state index in [2.05, 4.69) is 22.0 Å². The number of rotatable bonds is 4. The van der Waals surface area contributed by atoms with E-state index in [1.54, 1.807) is 6.07 Å². The monoisotopic (exact) mass is 338 g/mol. The van der Waals surface area contributed by atoms with E-state index >= 15 is 0 Å². The van der Waals surface area contributed by atoms with Gasteiger partial charge < -0.3 is 14.7 Å². The van der Waals surface area contributed by atoms with Gasteiger partial charge in [-0.25, -0.2) is 0 Å². The van der Waals surface area contributed by atoms with Crippen molar-refractivity contribution in [2.24, 2.45) is 5.92 Å². The number of likely N-dealkylation sites (N-methyl/N-ethyl adjacent to an activating group) is 1. The highest BCUT2D eigenvalue weighted by molar-refractivity contribution is 9.10. The number of ether oxygens (including phenoxy) is 1. The van der Waals surface area contributed by atoms with Gasteiger partial charge >= 0.3 is 5.97 Å². The fourth-order valence-corrected chi connectivity index (χ4v) is 2.88. The van der Waals surface area contributed by atoms with E-state index < -0.39 is 11.9 Å². The minimum absolute atomic E-state index is 0.217. The molecule has 2 unspecified atom stereocenters. The fourth-order valence-electron chi connectivity index (χ4n) is 2.52. The Kier molecular flexibility index (Phi) is 4.63. The van der Waals surface area contributed by atoms with Gasteiger partial charge in [-0.05, 0) is 25.1 Å². The Hall–Kier alpha value is -1.58. The molecule has 2 atom stereocenters. The normalized spacial score (nSPS) is 21.4. The summed E-state index contributed by atoms with van der Waals surface area (Å²) in [5, 5.41) is 18.5. The zero-order valence-corrected chi connectivity index (χ0v) is 12.6. The summed E-state index contributed by atoms with van der Waals surface area (Å²) in [5.74, 6) is -1.42. The van der Waals surface area contributed by atoms with Crippen LogP contribution in [0, 0.1) is 17.2 Å². The summed E-state index contributed by atoms with van der Waals surface area (Å²) in [6.07, 6.45) is 0. The summed E-state index contributed by atoms with van der Waals surface area (Å²) in [6, 6.07) is 7.34. The van der Waals surface area contributed by atoms with E-state index in [9.17, 15) is 15.2 Å². The predicted octanol–water partition coefficient (Wildman–Crippen LogP) is 2.25. The van der Waals surface area contributed by atoms with Gasteiger partial charge in [-0.3, -0.25) is 4.79 Å². The number of anilines is 1. The Morgan fingerprint density at radius 2 is 2.35 bits per heavy atom. The summed E-state index contributed by atoms with van der Waals surface area (Å²) < 4.78 is 6.14. The molecule has 20 heavy (non-hydrogen) atoms. The lowest BCUT2D eigenvalue weighted by atomic mass is 10.0. The van der Waals surface area contributed by atoms with Gasteiger partial charge in [0.25, 0.3) is 0 Å². The lowest BCUT2D eigenvalue weighted by molar-refractivity contribution is -0.141. The largest absolute Gasteiger partial charge is 0.481 e. The van der Waals surface area contributed by atoms with Crippen molar-refractivity contribution < 1.29 is 14.6 Å². The highest BCUT2D eigenvalue weighted by atomic mass is 79.9. The van der Waals surface area contributed by atoms with Crippen molar-refractivity contribution in [3.63, 3.8) is 0 Å². The maximum absolute atomic E-state index is 11.3. The molecule has 0 bridgehead atoms. The fraction of sp³-hybridized carbons (Fsp3) is 0.429. The van der Waals surface area contributed by atoms with E-state index in [-0.39, 0.29) is 12.6 Å². The molecule has 5 nitrogen and oxygen atoms in total. The van der Waals surface area contributed by atoms with Crippen LogP contribution >= 0.6 is 15.9 Å². The highest BCUT2D eigenvalue weighted by Gasteiger charge is 2.38. The average molecular weight is 339 g/mol. The molecule has 0 spiro atoms. The Morgan fingerprint density at radius 1 is 1.60 bits per heavy atom. The van der Waals surface area contributed by atoms with Crippen molar-refractivity contribution in [2.45, 2.75) is 13.0 Å². The molecule has 0 amide bonds. The quantitative estimate of drug-likeness (QED) is 0.911. The van der Waals surface area contributed by atoms with Crippen molar-refractivity contribution in [3.8, 4) is 6.07 Å². The Balaban J connectivity index is 2.38. The molecule has 106 valence electrons. The molecule has 0 aliphatic carbocycles. The zero-order valence-electron chi connectivity index (χ0n) is 11.0. The van der Waals surface area contributed by atoms with Crippen LogP contribution in [-0.4, -0.2) is 36.9 Å². The van der Waals surface area contributed by atoms with Gasteiger partial charge in [0.1, 0.15) is 12.0 Å². The first-order valence-corrected chi connectivity index (χ1v) is 7.14. The van der Waals surface area contributed by atoms with Crippen molar-refractivity contribution in [1.29, 1.82) is 5.26 Å². The maximum atomic E-state index is 11.3. The number of carbonyl (C=O) groups is 1. The van der Waals surface area contributed by atoms with Crippen molar-refractivity contribution in [1.82, 2.24) is 0 Å². The van der Waals surface area contributed by atoms with E-state index in [1.165, 1.54) is 0 Å². The smallest absolute Gasteiger partial charge is 0.311 e. The molecule has 6 heteroatoms. The zero-order chi connectivity index (χ0) is 14.7. The molecule has 1 saturated heterocycles. The average Bonchev–Trinajstić information content (AvgIpc) is 2.90. The van der Waals surface area contributed by atoms with E-state index in [4.69, 9.17) is 4.74 Å². The first kappa shape index (κ1) is 14.8. The van der Waals surface area contributed by atoms with Gasteiger partial charge in [-0.2, -0.15) is 5.26 Å².